The summed E-state index contributed by atoms with van der Waals surface area (Å²) < 4.78 is 50.0. The molecule has 1 aliphatic heterocycles. The molecule has 1 atom stereocenters. The van der Waals surface area contributed by atoms with Gasteiger partial charge in [-0.05, 0) is 56.0 Å². The van der Waals surface area contributed by atoms with Crippen LogP contribution in [0, 0.1) is 28.8 Å². The van der Waals surface area contributed by atoms with Gasteiger partial charge in [0.2, 0.25) is 5.82 Å². The van der Waals surface area contributed by atoms with Gasteiger partial charge in [-0.1, -0.05) is 6.07 Å². The maximum absolute atomic E-state index is 15.4. The number of nitrogens with zero attached hydrogens (tertiary/aromatic N) is 6. The minimum atomic E-state index is -1.19. The Hall–Kier alpha value is -4.96. The zero-order valence-electron chi connectivity index (χ0n) is 22.2. The summed E-state index contributed by atoms with van der Waals surface area (Å²) in [5, 5.41) is 14.6. The van der Waals surface area contributed by atoms with E-state index in [1.165, 1.54) is 30.6 Å². The summed E-state index contributed by atoms with van der Waals surface area (Å²) in [5.41, 5.74) is 12.3. The monoisotopic (exact) mass is 574 g/mol. The van der Waals surface area contributed by atoms with Crippen LogP contribution in [-0.4, -0.2) is 48.7 Å². The van der Waals surface area contributed by atoms with E-state index in [2.05, 4.69) is 15.1 Å². The van der Waals surface area contributed by atoms with Crippen molar-refractivity contribution in [3.8, 4) is 28.8 Å². The number of likely N-dealkylation sites (tertiary alicyclic amines) is 1. The first-order valence-electron chi connectivity index (χ1n) is 13.3. The Morgan fingerprint density at radius 3 is 2.74 bits per heavy atom. The summed E-state index contributed by atoms with van der Waals surface area (Å²) in [4.78, 5) is 23.3. The fraction of sp³-hybridized carbons (Fsp3) is 0.276. The van der Waals surface area contributed by atoms with Crippen LogP contribution in [0.15, 0.2) is 54.4 Å². The summed E-state index contributed by atoms with van der Waals surface area (Å²) in [7, 11) is 0. The first-order valence-corrected chi connectivity index (χ1v) is 13.3. The number of benzene rings is 2. The normalized spacial score (nSPS) is 17.8. The van der Waals surface area contributed by atoms with Gasteiger partial charge in [0.25, 0.3) is 5.91 Å². The molecule has 1 amide bonds. The molecule has 214 valence electrons. The molecule has 4 aromatic rings. The molecule has 10 nitrogen and oxygen atoms in total. The molecule has 2 aromatic heterocycles. The first-order chi connectivity index (χ1) is 20.2. The Kier molecular flexibility index (Phi) is 6.78. The van der Waals surface area contributed by atoms with Crippen LogP contribution in [0.2, 0.25) is 0 Å². The average Bonchev–Trinajstić information content (AvgIpc) is 3.34. The summed E-state index contributed by atoms with van der Waals surface area (Å²) in [6.07, 6.45) is 5.66. The third-order valence-corrected chi connectivity index (χ3v) is 7.53. The second-order valence-corrected chi connectivity index (χ2v) is 10.5. The number of halogens is 3. The Bertz CT molecular complexity index is 1790. The van der Waals surface area contributed by atoms with Crippen LogP contribution in [0.1, 0.15) is 25.7 Å². The van der Waals surface area contributed by atoms with Crippen LogP contribution < -0.4 is 16.2 Å². The van der Waals surface area contributed by atoms with Crippen molar-refractivity contribution in [3.05, 3.63) is 71.8 Å². The van der Waals surface area contributed by atoms with Crippen LogP contribution in [-0.2, 0) is 11.3 Å². The minimum Gasteiger partial charge on any atom is -0.454 e. The van der Waals surface area contributed by atoms with E-state index >= 15 is 4.39 Å². The molecule has 3 heterocycles. The summed E-state index contributed by atoms with van der Waals surface area (Å²) in [6, 6.07) is 8.94. The lowest BCUT2D eigenvalue weighted by atomic mass is 10.1. The maximum atomic E-state index is 15.4. The van der Waals surface area contributed by atoms with Crippen LogP contribution in [0.5, 0.6) is 11.5 Å². The average molecular weight is 575 g/mol. The van der Waals surface area contributed by atoms with Gasteiger partial charge in [-0.25, -0.2) is 23.4 Å². The van der Waals surface area contributed by atoms with Crippen LogP contribution in [0.3, 0.4) is 0 Å². The number of amides is 1. The van der Waals surface area contributed by atoms with E-state index in [-0.39, 0.29) is 46.9 Å². The number of hydrogen-bond acceptors (Lipinski definition) is 8. The predicted octanol–water partition coefficient (Wildman–Crippen LogP) is 4.22. The maximum Gasteiger partial charge on any atom is 0.264 e. The number of nitrogen functional groups attached to an aromatic ring is 1. The molecule has 1 saturated heterocycles. The molecule has 1 unspecified atom stereocenters. The van der Waals surface area contributed by atoms with E-state index in [0.29, 0.717) is 24.0 Å². The fourth-order valence-corrected chi connectivity index (χ4v) is 5.15. The Morgan fingerprint density at radius 1 is 1.19 bits per heavy atom. The second kappa shape index (κ2) is 10.5. The first kappa shape index (κ1) is 27.2. The number of carbonyl (C=O) groups excluding carboxylic acids is 1. The van der Waals surface area contributed by atoms with Gasteiger partial charge in [0.05, 0.1) is 18.0 Å². The largest absolute Gasteiger partial charge is 0.454 e. The number of ether oxygens (including phenoxy) is 1. The van der Waals surface area contributed by atoms with Gasteiger partial charge < -0.3 is 21.1 Å². The molecule has 0 radical (unpaired) electrons. The van der Waals surface area contributed by atoms with Gasteiger partial charge in [0.1, 0.15) is 41.0 Å². The number of rotatable bonds is 7. The molecule has 4 N–H and O–H groups in total. The molecule has 6 rings (SSSR count). The van der Waals surface area contributed by atoms with Crippen LogP contribution in [0.4, 0.5) is 19.0 Å². The van der Waals surface area contributed by atoms with Gasteiger partial charge in [-0.3, -0.25) is 4.79 Å². The van der Waals surface area contributed by atoms with Crippen molar-refractivity contribution >= 4 is 22.8 Å². The summed E-state index contributed by atoms with van der Waals surface area (Å²) >= 11 is 0. The highest BCUT2D eigenvalue weighted by atomic mass is 19.2. The molecule has 2 aromatic carbocycles. The molecule has 2 fully saturated rings. The standard InChI is InChI=1S/C29H25F3N8O2/c30-20-4-1-5-22(24(20)32)42-18-6-7-19(21(31)11-18)25-23-26(34)36-15-37-27(23)40(38-25)14-17-3-2-10-39(17)28(41)16(13-33)12-29(35)8-9-29/h1,4-7,11-12,15,17H,2-3,8-10,14,35H2,(H2,34,36,37). The van der Waals surface area contributed by atoms with E-state index in [9.17, 15) is 18.8 Å². The van der Waals surface area contributed by atoms with Crippen molar-refractivity contribution < 1.29 is 22.7 Å². The third-order valence-electron chi connectivity index (χ3n) is 7.53. The Morgan fingerprint density at radius 2 is 2.00 bits per heavy atom. The van der Waals surface area contributed by atoms with E-state index in [0.717, 1.165) is 31.4 Å². The lowest BCUT2D eigenvalue weighted by molar-refractivity contribution is -0.127. The number of carbonyl (C=O) groups is 1. The molecule has 1 aliphatic carbocycles. The fourth-order valence-electron chi connectivity index (χ4n) is 5.15. The van der Waals surface area contributed by atoms with Crippen molar-refractivity contribution in [1.82, 2.24) is 24.6 Å². The SMILES string of the molecule is N#CC(=CC1(N)CC1)C(=O)N1CCCC1Cn1nc(-c2ccc(Oc3cccc(F)c3F)cc2F)c2c(N)ncnc21. The smallest absolute Gasteiger partial charge is 0.264 e. The van der Waals surface area contributed by atoms with Gasteiger partial charge in [-0.2, -0.15) is 14.8 Å². The molecule has 0 spiro atoms. The highest BCUT2D eigenvalue weighted by Crippen LogP contribution is 2.37. The van der Waals surface area contributed by atoms with E-state index in [1.807, 2.05) is 6.07 Å². The number of aromatic nitrogens is 4. The lowest BCUT2D eigenvalue weighted by Crippen LogP contribution is -2.39. The zero-order chi connectivity index (χ0) is 29.6. The van der Waals surface area contributed by atoms with E-state index < -0.39 is 28.7 Å². The minimum absolute atomic E-state index is 0.0157. The number of hydrogen-bond donors (Lipinski definition) is 2. The quantitative estimate of drug-likeness (QED) is 0.246. The van der Waals surface area contributed by atoms with Crippen LogP contribution in [0.25, 0.3) is 22.3 Å². The summed E-state index contributed by atoms with van der Waals surface area (Å²) in [5.74, 6) is -3.79. The van der Waals surface area contributed by atoms with Crippen molar-refractivity contribution in [2.75, 3.05) is 12.3 Å². The molecule has 42 heavy (non-hydrogen) atoms. The molecule has 0 bridgehead atoms. The topological polar surface area (TPSA) is 149 Å². The molecular weight excluding hydrogens is 549 g/mol. The number of fused-ring (bicyclic) bond motifs is 1. The van der Waals surface area contributed by atoms with Crippen LogP contribution >= 0.6 is 0 Å². The van der Waals surface area contributed by atoms with Gasteiger partial charge >= 0.3 is 0 Å². The van der Waals surface area contributed by atoms with Gasteiger partial charge in [0, 0.05) is 23.7 Å². The highest BCUT2D eigenvalue weighted by Gasteiger charge is 2.39. The third kappa shape index (κ3) is 5.01. The molecule has 2 aliphatic rings. The lowest BCUT2D eigenvalue weighted by Gasteiger charge is -2.24. The Labute approximate surface area is 238 Å². The van der Waals surface area contributed by atoms with Gasteiger partial charge in [0.15, 0.2) is 17.2 Å². The summed E-state index contributed by atoms with van der Waals surface area (Å²) in [6.45, 7) is 0.679. The highest BCUT2D eigenvalue weighted by molar-refractivity contribution is 5.99. The molecule has 1 saturated carbocycles. The van der Waals surface area contributed by atoms with Crippen molar-refractivity contribution in [1.29, 1.82) is 5.26 Å². The predicted molar refractivity (Wildman–Crippen MR) is 146 cm³/mol. The van der Waals surface area contributed by atoms with Crippen molar-refractivity contribution in [2.24, 2.45) is 5.73 Å². The van der Waals surface area contributed by atoms with E-state index in [1.54, 1.807) is 15.7 Å². The second-order valence-electron chi connectivity index (χ2n) is 10.5. The van der Waals surface area contributed by atoms with Crippen molar-refractivity contribution in [2.45, 2.75) is 43.8 Å². The number of nitriles is 1. The Balaban J connectivity index is 1.31. The van der Waals surface area contributed by atoms with E-state index in [4.69, 9.17) is 16.2 Å². The molecule has 13 heteroatoms. The number of anilines is 1. The molecular formula is C29H25F3N8O2. The van der Waals surface area contributed by atoms with Crippen molar-refractivity contribution in [3.63, 3.8) is 0 Å². The van der Waals surface area contributed by atoms with Gasteiger partial charge in [-0.15, -0.1) is 0 Å². The number of nitrogens with two attached hydrogens (primary N) is 2. The zero-order valence-corrected chi connectivity index (χ0v) is 22.2.